The molecule has 0 fully saturated rings. The van der Waals surface area contributed by atoms with Crippen molar-refractivity contribution in [2.24, 2.45) is 0 Å². The van der Waals surface area contributed by atoms with Gasteiger partial charge in [-0.1, -0.05) is 36.0 Å². The molecule has 0 saturated heterocycles. The molecule has 1 heterocycles. The average Bonchev–Trinajstić information content (AvgIpc) is 2.57. The van der Waals surface area contributed by atoms with E-state index in [1.54, 1.807) is 23.9 Å². The summed E-state index contributed by atoms with van der Waals surface area (Å²) in [5.74, 6) is -0.397. The summed E-state index contributed by atoms with van der Waals surface area (Å²) in [5, 5.41) is 10.7. The molecule has 20 heavy (non-hydrogen) atoms. The van der Waals surface area contributed by atoms with Gasteiger partial charge in [0.25, 0.3) is 0 Å². The SMILES string of the molecule is C=CC[C@@H]1c2ccccc2Sc2ccc(F)cc2[C@@H]1O. The Hall–Kier alpha value is -1.58. The van der Waals surface area contributed by atoms with Crippen LogP contribution in [0.4, 0.5) is 4.39 Å². The lowest BCUT2D eigenvalue weighted by atomic mass is 9.86. The molecule has 3 heteroatoms. The largest absolute Gasteiger partial charge is 0.388 e. The van der Waals surface area contributed by atoms with Gasteiger partial charge in [0.2, 0.25) is 0 Å². The summed E-state index contributed by atoms with van der Waals surface area (Å²) in [7, 11) is 0. The van der Waals surface area contributed by atoms with Crippen LogP contribution in [0.25, 0.3) is 0 Å². The van der Waals surface area contributed by atoms with Crippen LogP contribution in [0.2, 0.25) is 0 Å². The molecule has 102 valence electrons. The van der Waals surface area contributed by atoms with Crippen molar-refractivity contribution in [1.29, 1.82) is 0 Å². The fourth-order valence-electron chi connectivity index (χ4n) is 2.66. The molecular weight excluding hydrogens is 271 g/mol. The molecule has 0 radical (unpaired) electrons. The van der Waals surface area contributed by atoms with E-state index >= 15 is 0 Å². The van der Waals surface area contributed by atoms with Gasteiger partial charge in [0.15, 0.2) is 0 Å². The van der Waals surface area contributed by atoms with Gasteiger partial charge in [0.05, 0.1) is 6.10 Å². The number of halogens is 1. The van der Waals surface area contributed by atoms with Gasteiger partial charge < -0.3 is 5.11 Å². The molecule has 1 nitrogen and oxygen atoms in total. The van der Waals surface area contributed by atoms with E-state index in [1.165, 1.54) is 12.1 Å². The standard InChI is InChI=1S/C17H15FOS/c1-2-5-13-12-6-3-4-7-15(12)20-16-9-8-11(18)10-14(16)17(13)19/h2-4,6-10,13,17,19H,1,5H2/t13-,17-/m1/s1. The number of fused-ring (bicyclic) bond motifs is 2. The van der Waals surface area contributed by atoms with Crippen molar-refractivity contribution in [1.82, 2.24) is 0 Å². The number of allylic oxidation sites excluding steroid dienone is 1. The third-order valence-corrected chi connectivity index (χ3v) is 4.81. The Morgan fingerprint density at radius 2 is 1.90 bits per heavy atom. The Balaban J connectivity index is 2.19. The van der Waals surface area contributed by atoms with E-state index < -0.39 is 6.10 Å². The molecule has 2 atom stereocenters. The molecule has 1 N–H and O–H groups in total. The maximum Gasteiger partial charge on any atom is 0.123 e. The van der Waals surface area contributed by atoms with Crippen LogP contribution in [0.1, 0.15) is 29.6 Å². The van der Waals surface area contributed by atoms with Crippen molar-refractivity contribution in [2.75, 3.05) is 0 Å². The average molecular weight is 286 g/mol. The number of rotatable bonds is 2. The highest BCUT2D eigenvalue weighted by molar-refractivity contribution is 7.99. The molecular formula is C17H15FOS. The molecule has 0 spiro atoms. The van der Waals surface area contributed by atoms with Gasteiger partial charge in [-0.25, -0.2) is 4.39 Å². The van der Waals surface area contributed by atoms with Crippen molar-refractivity contribution in [3.05, 3.63) is 72.1 Å². The van der Waals surface area contributed by atoms with Crippen LogP contribution in [0.3, 0.4) is 0 Å². The summed E-state index contributed by atoms with van der Waals surface area (Å²) in [4.78, 5) is 2.03. The second-order valence-electron chi connectivity index (χ2n) is 4.90. The van der Waals surface area contributed by atoms with Crippen molar-refractivity contribution in [2.45, 2.75) is 28.2 Å². The van der Waals surface area contributed by atoms with Crippen molar-refractivity contribution < 1.29 is 9.50 Å². The van der Waals surface area contributed by atoms with E-state index in [4.69, 9.17) is 0 Å². The topological polar surface area (TPSA) is 20.2 Å². The normalized spacial score (nSPS) is 20.7. The zero-order chi connectivity index (χ0) is 14.1. The highest BCUT2D eigenvalue weighted by atomic mass is 32.2. The van der Waals surface area contributed by atoms with Gasteiger partial charge in [-0.3, -0.25) is 0 Å². The van der Waals surface area contributed by atoms with E-state index in [2.05, 4.69) is 6.58 Å². The molecule has 3 rings (SSSR count). The molecule has 0 unspecified atom stereocenters. The summed E-state index contributed by atoms with van der Waals surface area (Å²) >= 11 is 1.58. The highest BCUT2D eigenvalue weighted by Crippen LogP contribution is 2.47. The summed E-state index contributed by atoms with van der Waals surface area (Å²) in [6.45, 7) is 3.77. The summed E-state index contributed by atoms with van der Waals surface area (Å²) in [6, 6.07) is 12.6. The minimum atomic E-state index is -0.713. The number of hydrogen-bond donors (Lipinski definition) is 1. The van der Waals surface area contributed by atoms with Crippen molar-refractivity contribution >= 4 is 11.8 Å². The van der Waals surface area contributed by atoms with Crippen LogP contribution < -0.4 is 0 Å². The third kappa shape index (κ3) is 2.28. The van der Waals surface area contributed by atoms with E-state index in [0.29, 0.717) is 12.0 Å². The lowest BCUT2D eigenvalue weighted by Crippen LogP contribution is -2.10. The minimum absolute atomic E-state index is 0.0840. The lowest BCUT2D eigenvalue weighted by molar-refractivity contribution is 0.142. The quantitative estimate of drug-likeness (QED) is 0.809. The van der Waals surface area contributed by atoms with Crippen molar-refractivity contribution in [3.8, 4) is 0 Å². The molecule has 0 bridgehead atoms. The first-order valence-corrected chi connectivity index (χ1v) is 7.37. The highest BCUT2D eigenvalue weighted by Gasteiger charge is 2.29. The fourth-order valence-corrected chi connectivity index (χ4v) is 3.82. The molecule has 0 amide bonds. The van der Waals surface area contributed by atoms with Crippen LogP contribution in [-0.2, 0) is 0 Å². The lowest BCUT2D eigenvalue weighted by Gasteiger charge is -2.22. The van der Waals surface area contributed by atoms with Crippen LogP contribution in [0, 0.1) is 5.82 Å². The minimum Gasteiger partial charge on any atom is -0.388 e. The van der Waals surface area contributed by atoms with Crippen LogP contribution in [-0.4, -0.2) is 5.11 Å². The van der Waals surface area contributed by atoms with Gasteiger partial charge in [-0.05, 0) is 41.8 Å². The van der Waals surface area contributed by atoms with Crippen LogP contribution in [0.5, 0.6) is 0 Å². The maximum absolute atomic E-state index is 13.5. The zero-order valence-corrected chi connectivity index (χ0v) is 11.7. The zero-order valence-electron chi connectivity index (χ0n) is 10.9. The molecule has 2 aromatic rings. The number of hydrogen-bond acceptors (Lipinski definition) is 2. The van der Waals surface area contributed by atoms with Gasteiger partial charge >= 0.3 is 0 Å². The monoisotopic (exact) mass is 286 g/mol. The first-order chi connectivity index (χ1) is 9.70. The van der Waals surface area contributed by atoms with E-state index in [9.17, 15) is 9.50 Å². The molecule has 1 aliphatic heterocycles. The van der Waals surface area contributed by atoms with Gasteiger partial charge in [-0.2, -0.15) is 0 Å². The second-order valence-corrected chi connectivity index (χ2v) is 5.98. The summed E-state index contributed by atoms with van der Waals surface area (Å²) < 4.78 is 13.5. The van der Waals surface area contributed by atoms with E-state index in [1.807, 2.05) is 24.3 Å². The number of aliphatic hydroxyl groups is 1. The first kappa shape index (κ1) is 13.4. The van der Waals surface area contributed by atoms with Gasteiger partial charge in [0.1, 0.15) is 5.82 Å². The summed E-state index contributed by atoms with van der Waals surface area (Å²) in [6.07, 6.45) is 1.75. The molecule has 0 aliphatic carbocycles. The molecule has 0 saturated carbocycles. The molecule has 0 aromatic heterocycles. The van der Waals surface area contributed by atoms with E-state index in [-0.39, 0.29) is 11.7 Å². The van der Waals surface area contributed by atoms with E-state index in [0.717, 1.165) is 15.4 Å². The fraction of sp³-hybridized carbons (Fsp3) is 0.176. The smallest absolute Gasteiger partial charge is 0.123 e. The Morgan fingerprint density at radius 1 is 1.15 bits per heavy atom. The number of benzene rings is 2. The number of aliphatic hydroxyl groups excluding tert-OH is 1. The van der Waals surface area contributed by atoms with Crippen LogP contribution in [0.15, 0.2) is 64.9 Å². The Labute approximate surface area is 122 Å². The predicted octanol–water partition coefficient (Wildman–Crippen LogP) is 4.68. The van der Waals surface area contributed by atoms with Gasteiger partial charge in [-0.15, -0.1) is 6.58 Å². The Bertz CT molecular complexity index is 653. The molecule has 1 aliphatic rings. The Morgan fingerprint density at radius 3 is 2.70 bits per heavy atom. The van der Waals surface area contributed by atoms with Crippen molar-refractivity contribution in [3.63, 3.8) is 0 Å². The van der Waals surface area contributed by atoms with Crippen LogP contribution >= 0.6 is 11.8 Å². The summed E-state index contributed by atoms with van der Waals surface area (Å²) in [5.41, 5.74) is 1.76. The Kier molecular flexibility index (Phi) is 3.64. The first-order valence-electron chi connectivity index (χ1n) is 6.56. The maximum atomic E-state index is 13.5. The second kappa shape index (κ2) is 5.43. The third-order valence-electron chi connectivity index (χ3n) is 3.63. The predicted molar refractivity (Wildman–Crippen MR) is 79.5 cm³/mol. The molecule has 2 aromatic carbocycles. The van der Waals surface area contributed by atoms with Gasteiger partial charge in [0, 0.05) is 15.7 Å².